The van der Waals surface area contributed by atoms with Crippen molar-refractivity contribution in [2.24, 2.45) is 0 Å². The molecule has 4 nitrogen and oxygen atoms in total. The lowest BCUT2D eigenvalue weighted by molar-refractivity contribution is 0.0692. The maximum absolute atomic E-state index is 13.3. The molecule has 1 aromatic rings. The molecule has 2 rings (SSSR count). The van der Waals surface area contributed by atoms with Gasteiger partial charge in [0.1, 0.15) is 5.56 Å². The summed E-state index contributed by atoms with van der Waals surface area (Å²) in [5.41, 5.74) is 0.218. The second-order valence-electron chi connectivity index (χ2n) is 4.28. The Balaban J connectivity index is 2.25. The lowest BCUT2D eigenvalue weighted by atomic mass is 10.0. The normalized spacial score (nSPS) is 19.5. The third-order valence-corrected chi connectivity index (χ3v) is 3.00. The van der Waals surface area contributed by atoms with E-state index in [-0.39, 0.29) is 11.6 Å². The van der Waals surface area contributed by atoms with Gasteiger partial charge in [-0.25, -0.2) is 9.18 Å². The number of hydrogen-bond acceptors (Lipinski definition) is 3. The Morgan fingerprint density at radius 1 is 1.53 bits per heavy atom. The van der Waals surface area contributed by atoms with E-state index in [1.807, 2.05) is 0 Å². The van der Waals surface area contributed by atoms with Gasteiger partial charge in [-0.1, -0.05) is 0 Å². The average Bonchev–Trinajstić information content (AvgIpc) is 2.75. The average molecular weight is 239 g/mol. The minimum absolute atomic E-state index is 0.264. The van der Waals surface area contributed by atoms with Gasteiger partial charge >= 0.3 is 5.97 Å². The largest absolute Gasteiger partial charge is 0.504 e. The van der Waals surface area contributed by atoms with Crippen LogP contribution in [0.2, 0.25) is 0 Å². The summed E-state index contributed by atoms with van der Waals surface area (Å²) >= 11 is 0. The van der Waals surface area contributed by atoms with Crippen LogP contribution in [0.5, 0.6) is 5.75 Å². The lowest BCUT2D eigenvalue weighted by Gasteiger charge is -2.11. The molecule has 1 saturated heterocycles. The van der Waals surface area contributed by atoms with Crippen LogP contribution in [0.1, 0.15) is 28.8 Å². The molecule has 1 atom stereocenters. The molecule has 1 heterocycles. The summed E-state index contributed by atoms with van der Waals surface area (Å²) in [5.74, 6) is -2.99. The Hall–Kier alpha value is -1.62. The summed E-state index contributed by atoms with van der Waals surface area (Å²) in [6.07, 6.45) is 2.67. The number of carboxylic acids is 1. The van der Waals surface area contributed by atoms with E-state index in [1.165, 1.54) is 12.1 Å². The first-order valence-corrected chi connectivity index (χ1v) is 5.56. The van der Waals surface area contributed by atoms with Crippen LogP contribution in [0.4, 0.5) is 4.39 Å². The van der Waals surface area contributed by atoms with E-state index >= 15 is 0 Å². The van der Waals surface area contributed by atoms with Gasteiger partial charge in [-0.05, 0) is 43.5 Å². The number of carboxylic acid groups (broad SMARTS) is 1. The van der Waals surface area contributed by atoms with Crippen molar-refractivity contribution in [2.45, 2.75) is 25.3 Å². The lowest BCUT2D eigenvalue weighted by Crippen LogP contribution is -2.23. The number of nitrogens with one attached hydrogen (secondary N) is 1. The van der Waals surface area contributed by atoms with E-state index in [0.29, 0.717) is 12.0 Å². The van der Waals surface area contributed by atoms with E-state index < -0.39 is 17.5 Å². The van der Waals surface area contributed by atoms with Gasteiger partial charge in [0, 0.05) is 6.04 Å². The molecule has 1 unspecified atom stereocenters. The van der Waals surface area contributed by atoms with Gasteiger partial charge in [-0.2, -0.15) is 0 Å². The third-order valence-electron chi connectivity index (χ3n) is 3.00. The number of benzene rings is 1. The molecule has 0 bridgehead atoms. The molecule has 0 spiro atoms. The standard InChI is InChI=1S/C12H14FNO3/c13-10-6-7(4-8-2-1-3-14-8)5-9(11(10)15)12(16)17/h5-6,8,14-15H,1-4H2,(H,16,17). The fourth-order valence-electron chi connectivity index (χ4n) is 2.15. The van der Waals surface area contributed by atoms with Gasteiger partial charge in [-0.3, -0.25) is 0 Å². The summed E-state index contributed by atoms with van der Waals surface area (Å²) in [6, 6.07) is 2.79. The first kappa shape index (κ1) is 11.9. The van der Waals surface area contributed by atoms with Gasteiger partial charge in [0.25, 0.3) is 0 Å². The number of hydrogen-bond donors (Lipinski definition) is 3. The molecule has 0 aliphatic carbocycles. The first-order chi connectivity index (χ1) is 8.08. The zero-order valence-electron chi connectivity index (χ0n) is 9.24. The van der Waals surface area contributed by atoms with Crippen molar-refractivity contribution in [3.63, 3.8) is 0 Å². The van der Waals surface area contributed by atoms with Crippen LogP contribution >= 0.6 is 0 Å². The summed E-state index contributed by atoms with van der Waals surface area (Å²) < 4.78 is 13.3. The van der Waals surface area contributed by atoms with Crippen molar-refractivity contribution in [1.29, 1.82) is 0 Å². The van der Waals surface area contributed by atoms with Crippen LogP contribution < -0.4 is 5.32 Å². The van der Waals surface area contributed by atoms with Crippen molar-refractivity contribution in [2.75, 3.05) is 6.54 Å². The van der Waals surface area contributed by atoms with E-state index in [4.69, 9.17) is 5.11 Å². The van der Waals surface area contributed by atoms with E-state index in [2.05, 4.69) is 5.32 Å². The highest BCUT2D eigenvalue weighted by molar-refractivity contribution is 5.91. The predicted octanol–water partition coefficient (Wildman–Crippen LogP) is 1.52. The molecule has 0 amide bonds. The molecule has 0 radical (unpaired) electrons. The number of aromatic carboxylic acids is 1. The monoisotopic (exact) mass is 239 g/mol. The molecular formula is C12H14FNO3. The van der Waals surface area contributed by atoms with Crippen molar-refractivity contribution < 1.29 is 19.4 Å². The Morgan fingerprint density at radius 2 is 2.29 bits per heavy atom. The molecule has 1 fully saturated rings. The molecule has 1 aromatic carbocycles. The summed E-state index contributed by atoms with van der Waals surface area (Å²) in [6.45, 7) is 0.941. The Labute approximate surface area is 98.1 Å². The van der Waals surface area contributed by atoms with Crippen molar-refractivity contribution in [3.8, 4) is 5.75 Å². The van der Waals surface area contributed by atoms with Crippen LogP contribution in [0.3, 0.4) is 0 Å². The zero-order chi connectivity index (χ0) is 12.4. The molecule has 3 N–H and O–H groups in total. The summed E-state index contributed by atoms with van der Waals surface area (Å²) in [7, 11) is 0. The van der Waals surface area contributed by atoms with Crippen molar-refractivity contribution in [1.82, 2.24) is 5.32 Å². The fourth-order valence-corrected chi connectivity index (χ4v) is 2.15. The van der Waals surface area contributed by atoms with Crippen LogP contribution in [0.15, 0.2) is 12.1 Å². The van der Waals surface area contributed by atoms with E-state index in [0.717, 1.165) is 19.4 Å². The number of phenols is 1. The minimum atomic E-state index is -1.32. The smallest absolute Gasteiger partial charge is 0.339 e. The van der Waals surface area contributed by atoms with Gasteiger partial charge < -0.3 is 15.5 Å². The van der Waals surface area contributed by atoms with Gasteiger partial charge in [0.2, 0.25) is 0 Å². The van der Waals surface area contributed by atoms with E-state index in [9.17, 15) is 14.3 Å². The highest BCUT2D eigenvalue weighted by Crippen LogP contribution is 2.24. The number of rotatable bonds is 3. The van der Waals surface area contributed by atoms with Crippen LogP contribution in [0, 0.1) is 5.82 Å². The maximum Gasteiger partial charge on any atom is 0.339 e. The first-order valence-electron chi connectivity index (χ1n) is 5.56. The third kappa shape index (κ3) is 2.55. The summed E-state index contributed by atoms with van der Waals surface area (Å²) in [4.78, 5) is 10.8. The van der Waals surface area contributed by atoms with Crippen molar-refractivity contribution >= 4 is 5.97 Å². The predicted molar refractivity (Wildman–Crippen MR) is 59.8 cm³/mol. The quantitative estimate of drug-likeness (QED) is 0.748. The van der Waals surface area contributed by atoms with Crippen LogP contribution in [-0.4, -0.2) is 28.8 Å². The topological polar surface area (TPSA) is 69.6 Å². The van der Waals surface area contributed by atoms with Gasteiger partial charge in [-0.15, -0.1) is 0 Å². The maximum atomic E-state index is 13.3. The van der Waals surface area contributed by atoms with Crippen molar-refractivity contribution in [3.05, 3.63) is 29.1 Å². The van der Waals surface area contributed by atoms with Gasteiger partial charge in [0.05, 0.1) is 0 Å². The molecule has 5 heteroatoms. The van der Waals surface area contributed by atoms with Gasteiger partial charge in [0.15, 0.2) is 11.6 Å². The molecular weight excluding hydrogens is 225 g/mol. The highest BCUT2D eigenvalue weighted by Gasteiger charge is 2.19. The zero-order valence-corrected chi connectivity index (χ0v) is 9.24. The Kier molecular flexibility index (Phi) is 3.28. The SMILES string of the molecule is O=C(O)c1cc(CC2CCCN2)cc(F)c1O. The Morgan fingerprint density at radius 3 is 2.88 bits per heavy atom. The molecule has 0 saturated carbocycles. The van der Waals surface area contributed by atoms with E-state index in [1.54, 1.807) is 0 Å². The number of halogens is 1. The molecule has 1 aliphatic heterocycles. The fraction of sp³-hybridized carbons (Fsp3) is 0.417. The summed E-state index contributed by atoms with van der Waals surface area (Å²) in [5, 5.41) is 21.4. The van der Waals surface area contributed by atoms with Crippen LogP contribution in [-0.2, 0) is 6.42 Å². The number of aromatic hydroxyl groups is 1. The highest BCUT2D eigenvalue weighted by atomic mass is 19.1. The second-order valence-corrected chi connectivity index (χ2v) is 4.28. The molecule has 17 heavy (non-hydrogen) atoms. The Bertz CT molecular complexity index is 442. The molecule has 92 valence electrons. The molecule has 1 aliphatic rings. The minimum Gasteiger partial charge on any atom is -0.504 e. The van der Waals surface area contributed by atoms with Crippen LogP contribution in [0.25, 0.3) is 0 Å². The second kappa shape index (κ2) is 4.71. The molecule has 0 aromatic heterocycles. The number of carbonyl (C=O) groups is 1.